The largest absolute Gasteiger partial charge is 0.497 e. The van der Waals surface area contributed by atoms with Gasteiger partial charge in [-0.25, -0.2) is 9.78 Å². The smallest absolute Gasteiger partial charge is 0.320 e. The molecular formula is C30H32N4O3. The van der Waals surface area contributed by atoms with Crippen LogP contribution in [0.5, 0.6) is 11.5 Å². The van der Waals surface area contributed by atoms with Gasteiger partial charge >= 0.3 is 6.03 Å². The van der Waals surface area contributed by atoms with E-state index in [1.165, 1.54) is 0 Å². The molecule has 3 aromatic carbocycles. The summed E-state index contributed by atoms with van der Waals surface area (Å²) in [5, 5.41) is 0. The zero-order chi connectivity index (χ0) is 25.4. The zero-order valence-corrected chi connectivity index (χ0v) is 21.4. The first-order valence-electron chi connectivity index (χ1n) is 13.0. The highest BCUT2D eigenvalue weighted by atomic mass is 16.5. The molecule has 0 aliphatic carbocycles. The minimum atomic E-state index is 0.0757. The maximum atomic E-state index is 13.9. The molecule has 37 heavy (non-hydrogen) atoms. The lowest BCUT2D eigenvalue weighted by atomic mass is 9.95. The van der Waals surface area contributed by atoms with Gasteiger partial charge < -0.3 is 24.3 Å². The van der Waals surface area contributed by atoms with E-state index in [0.29, 0.717) is 19.7 Å². The van der Waals surface area contributed by atoms with Crippen LogP contribution in [-0.4, -0.2) is 52.6 Å². The molecule has 2 aliphatic heterocycles. The van der Waals surface area contributed by atoms with Gasteiger partial charge in [0.25, 0.3) is 0 Å². The number of fused-ring (bicyclic) bond motifs is 2. The summed E-state index contributed by atoms with van der Waals surface area (Å²) in [4.78, 5) is 25.7. The van der Waals surface area contributed by atoms with Crippen molar-refractivity contribution in [3.05, 3.63) is 77.6 Å². The number of piperidine rings is 1. The van der Waals surface area contributed by atoms with Crippen molar-refractivity contribution < 1.29 is 14.3 Å². The fourth-order valence-electron chi connectivity index (χ4n) is 5.57. The number of aryl methyl sites for hydroxylation is 1. The fourth-order valence-corrected chi connectivity index (χ4v) is 5.57. The van der Waals surface area contributed by atoms with Crippen LogP contribution < -0.4 is 9.47 Å². The Labute approximate surface area is 217 Å². The van der Waals surface area contributed by atoms with Crippen molar-refractivity contribution in [2.75, 3.05) is 26.8 Å². The normalized spacial score (nSPS) is 17.7. The number of aromatic amines is 1. The van der Waals surface area contributed by atoms with E-state index in [2.05, 4.69) is 51.3 Å². The van der Waals surface area contributed by atoms with E-state index in [4.69, 9.17) is 9.47 Å². The average molecular weight is 497 g/mol. The molecule has 0 spiro atoms. The lowest BCUT2D eigenvalue weighted by Crippen LogP contribution is -2.47. The number of nitrogens with one attached hydrogen (secondary N) is 1. The maximum Gasteiger partial charge on any atom is 0.320 e. The summed E-state index contributed by atoms with van der Waals surface area (Å²) in [6.45, 7) is 4.31. The van der Waals surface area contributed by atoms with Crippen LogP contribution in [0.15, 0.2) is 60.7 Å². The van der Waals surface area contributed by atoms with Crippen molar-refractivity contribution in [1.82, 2.24) is 19.8 Å². The summed E-state index contributed by atoms with van der Waals surface area (Å²) >= 11 is 0. The average Bonchev–Trinajstić information content (AvgIpc) is 3.18. The topological polar surface area (TPSA) is 70.7 Å². The van der Waals surface area contributed by atoms with Crippen molar-refractivity contribution in [3.8, 4) is 22.6 Å². The maximum absolute atomic E-state index is 13.9. The SMILES string of the molecule is COc1ccc(C2CCCCN2C(=O)N2CCOc3ccc(-c4ccc5nc(C)[nH]c5c4)cc3C2)cc1. The number of benzene rings is 3. The summed E-state index contributed by atoms with van der Waals surface area (Å²) in [7, 11) is 1.67. The molecule has 190 valence electrons. The molecule has 1 aromatic heterocycles. The molecule has 7 nitrogen and oxygen atoms in total. The Hall–Kier alpha value is -4.00. The molecule has 1 N–H and O–H groups in total. The second-order valence-electron chi connectivity index (χ2n) is 9.91. The van der Waals surface area contributed by atoms with E-state index in [9.17, 15) is 4.79 Å². The minimum Gasteiger partial charge on any atom is -0.497 e. The highest BCUT2D eigenvalue weighted by molar-refractivity contribution is 5.82. The quantitative estimate of drug-likeness (QED) is 0.373. The first-order chi connectivity index (χ1) is 18.1. The lowest BCUT2D eigenvalue weighted by molar-refractivity contribution is 0.110. The van der Waals surface area contributed by atoms with E-state index in [0.717, 1.165) is 76.4 Å². The van der Waals surface area contributed by atoms with Crippen molar-refractivity contribution in [2.45, 2.75) is 38.8 Å². The number of ether oxygens (including phenoxy) is 2. The Kier molecular flexibility index (Phi) is 6.20. The van der Waals surface area contributed by atoms with E-state index in [-0.39, 0.29) is 12.1 Å². The van der Waals surface area contributed by atoms with Crippen molar-refractivity contribution in [1.29, 1.82) is 0 Å². The molecule has 4 aromatic rings. The Morgan fingerprint density at radius 1 is 1.03 bits per heavy atom. The van der Waals surface area contributed by atoms with Gasteiger partial charge in [-0.1, -0.05) is 24.3 Å². The first kappa shape index (κ1) is 23.4. The molecule has 1 atom stereocenters. The number of nitrogens with zero attached hydrogens (tertiary/aromatic N) is 3. The number of likely N-dealkylation sites (tertiary alicyclic amines) is 1. The number of imidazole rings is 1. The highest BCUT2D eigenvalue weighted by Gasteiger charge is 2.32. The molecule has 0 saturated carbocycles. The number of H-pyrrole nitrogens is 1. The summed E-state index contributed by atoms with van der Waals surface area (Å²) in [5.41, 5.74) is 6.38. The molecule has 0 radical (unpaired) electrons. The summed E-state index contributed by atoms with van der Waals surface area (Å²) < 4.78 is 11.4. The Morgan fingerprint density at radius 3 is 2.68 bits per heavy atom. The van der Waals surface area contributed by atoms with E-state index >= 15 is 0 Å². The number of carbonyl (C=O) groups excluding carboxylic acids is 1. The zero-order valence-electron chi connectivity index (χ0n) is 21.4. The number of aromatic nitrogens is 2. The number of methoxy groups -OCH3 is 1. The predicted molar refractivity (Wildman–Crippen MR) is 144 cm³/mol. The molecule has 7 heteroatoms. The molecule has 2 amide bonds. The van der Waals surface area contributed by atoms with Crippen molar-refractivity contribution in [3.63, 3.8) is 0 Å². The van der Waals surface area contributed by atoms with Crippen molar-refractivity contribution in [2.24, 2.45) is 0 Å². The van der Waals surface area contributed by atoms with E-state index in [1.54, 1.807) is 7.11 Å². The van der Waals surface area contributed by atoms with Crippen LogP contribution in [0.2, 0.25) is 0 Å². The van der Waals surface area contributed by atoms with Gasteiger partial charge in [-0.05, 0) is 79.3 Å². The summed E-state index contributed by atoms with van der Waals surface area (Å²) in [6.07, 6.45) is 3.12. The standard InChI is InChI=1S/C30H32N4O3/c1-20-31-26-12-8-23(18-27(26)32-20)22-9-13-29-24(17-22)19-33(15-16-37-29)30(35)34-14-4-3-5-28(34)21-6-10-25(36-2)11-7-21/h6-13,17-18,28H,3-5,14-16,19H2,1-2H3,(H,31,32). The molecule has 1 unspecified atom stereocenters. The summed E-state index contributed by atoms with van der Waals surface area (Å²) in [6, 6.07) is 20.8. The van der Waals surface area contributed by atoms with Crippen molar-refractivity contribution >= 4 is 17.1 Å². The molecule has 1 saturated heterocycles. The number of rotatable bonds is 3. The van der Waals surface area contributed by atoms with E-state index < -0.39 is 0 Å². The van der Waals surface area contributed by atoms with Crippen LogP contribution in [0.4, 0.5) is 4.79 Å². The Morgan fingerprint density at radius 2 is 1.84 bits per heavy atom. The first-order valence-corrected chi connectivity index (χ1v) is 13.0. The second-order valence-corrected chi connectivity index (χ2v) is 9.91. The molecule has 3 heterocycles. The van der Waals surface area contributed by atoms with E-state index in [1.807, 2.05) is 36.1 Å². The van der Waals surface area contributed by atoms with Crippen LogP contribution in [0.25, 0.3) is 22.2 Å². The fraction of sp³-hybridized carbons (Fsp3) is 0.333. The molecular weight excluding hydrogens is 464 g/mol. The third-order valence-corrected chi connectivity index (χ3v) is 7.49. The van der Waals surface area contributed by atoms with Gasteiger partial charge in [0, 0.05) is 12.1 Å². The predicted octanol–water partition coefficient (Wildman–Crippen LogP) is 6.09. The van der Waals surface area contributed by atoms with Gasteiger partial charge in [-0.2, -0.15) is 0 Å². The molecule has 1 fully saturated rings. The van der Waals surface area contributed by atoms with Gasteiger partial charge in [-0.15, -0.1) is 0 Å². The monoisotopic (exact) mass is 496 g/mol. The summed E-state index contributed by atoms with van der Waals surface area (Å²) in [5.74, 6) is 2.58. The third-order valence-electron chi connectivity index (χ3n) is 7.49. The van der Waals surface area contributed by atoms with Crippen LogP contribution in [-0.2, 0) is 6.54 Å². The molecule has 6 rings (SSSR count). The lowest BCUT2D eigenvalue weighted by Gasteiger charge is -2.39. The molecule has 2 aliphatic rings. The number of hydrogen-bond donors (Lipinski definition) is 1. The minimum absolute atomic E-state index is 0.0757. The Bertz CT molecular complexity index is 1430. The van der Waals surface area contributed by atoms with Gasteiger partial charge in [0.1, 0.15) is 23.9 Å². The van der Waals surface area contributed by atoms with Crippen LogP contribution >= 0.6 is 0 Å². The number of amides is 2. The highest BCUT2D eigenvalue weighted by Crippen LogP contribution is 2.35. The second kappa shape index (κ2) is 9.81. The molecule has 0 bridgehead atoms. The third kappa shape index (κ3) is 4.61. The van der Waals surface area contributed by atoms with Gasteiger partial charge in [-0.3, -0.25) is 0 Å². The van der Waals surface area contributed by atoms with Crippen LogP contribution in [0, 0.1) is 6.92 Å². The van der Waals surface area contributed by atoms with Gasteiger partial charge in [0.2, 0.25) is 0 Å². The number of urea groups is 1. The number of hydrogen-bond acceptors (Lipinski definition) is 4. The Balaban J connectivity index is 1.26. The van der Waals surface area contributed by atoms with Gasteiger partial charge in [0.15, 0.2) is 0 Å². The number of carbonyl (C=O) groups is 1. The van der Waals surface area contributed by atoms with Crippen LogP contribution in [0.3, 0.4) is 0 Å². The van der Waals surface area contributed by atoms with Gasteiger partial charge in [0.05, 0.1) is 37.3 Å². The van der Waals surface area contributed by atoms with Crippen LogP contribution in [0.1, 0.15) is 42.3 Å².